The number of benzene rings is 1. The summed E-state index contributed by atoms with van der Waals surface area (Å²) in [5.74, 6) is -0.367. The highest BCUT2D eigenvalue weighted by Gasteiger charge is 2.26. The molecule has 2 heterocycles. The van der Waals surface area contributed by atoms with E-state index in [9.17, 15) is 4.79 Å². The van der Waals surface area contributed by atoms with Gasteiger partial charge >= 0.3 is 0 Å². The van der Waals surface area contributed by atoms with Gasteiger partial charge in [0.05, 0.1) is 0 Å². The SMILES string of the molecule is CC[C@@H]1c2ccsc2CCN1Cc1ccc(C(N)=O)cc1. The van der Waals surface area contributed by atoms with Gasteiger partial charge in [-0.15, -0.1) is 11.3 Å². The van der Waals surface area contributed by atoms with Crippen molar-refractivity contribution in [1.29, 1.82) is 0 Å². The van der Waals surface area contributed by atoms with E-state index in [1.54, 1.807) is 4.88 Å². The van der Waals surface area contributed by atoms with Crippen molar-refractivity contribution in [1.82, 2.24) is 4.90 Å². The van der Waals surface area contributed by atoms with E-state index in [4.69, 9.17) is 5.73 Å². The lowest BCUT2D eigenvalue weighted by Crippen LogP contribution is -2.33. The Kier molecular flexibility index (Phi) is 4.08. The maximum absolute atomic E-state index is 11.1. The molecule has 0 fully saturated rings. The highest BCUT2D eigenvalue weighted by atomic mass is 32.1. The summed E-state index contributed by atoms with van der Waals surface area (Å²) in [6, 6.07) is 10.4. The van der Waals surface area contributed by atoms with E-state index >= 15 is 0 Å². The number of hydrogen-bond donors (Lipinski definition) is 1. The normalized spacial score (nSPS) is 18.4. The first-order valence-corrected chi connectivity index (χ1v) is 8.26. The first-order valence-electron chi connectivity index (χ1n) is 7.38. The van der Waals surface area contributed by atoms with Crippen LogP contribution in [0.2, 0.25) is 0 Å². The minimum atomic E-state index is -0.367. The molecule has 1 amide bonds. The summed E-state index contributed by atoms with van der Waals surface area (Å²) in [6.45, 7) is 4.27. The molecule has 1 aliphatic heterocycles. The van der Waals surface area contributed by atoms with Gasteiger partial charge in [-0.3, -0.25) is 9.69 Å². The summed E-state index contributed by atoms with van der Waals surface area (Å²) in [5.41, 5.74) is 8.59. The number of nitrogens with two attached hydrogens (primary N) is 1. The van der Waals surface area contributed by atoms with Gasteiger partial charge in [-0.25, -0.2) is 0 Å². The molecule has 1 atom stereocenters. The second-order valence-electron chi connectivity index (χ2n) is 5.50. The van der Waals surface area contributed by atoms with Crippen molar-refractivity contribution < 1.29 is 4.79 Å². The molecule has 0 saturated carbocycles. The minimum Gasteiger partial charge on any atom is -0.366 e. The van der Waals surface area contributed by atoms with E-state index in [0.717, 1.165) is 25.9 Å². The molecule has 1 aromatic heterocycles. The number of rotatable bonds is 4. The third-order valence-electron chi connectivity index (χ3n) is 4.22. The number of amides is 1. The van der Waals surface area contributed by atoms with Gasteiger partial charge in [0, 0.05) is 29.6 Å². The lowest BCUT2D eigenvalue weighted by atomic mass is 9.97. The van der Waals surface area contributed by atoms with Crippen LogP contribution in [0.15, 0.2) is 35.7 Å². The molecule has 0 spiro atoms. The van der Waals surface area contributed by atoms with Crippen molar-refractivity contribution in [2.24, 2.45) is 5.73 Å². The second-order valence-corrected chi connectivity index (χ2v) is 6.51. The zero-order valence-electron chi connectivity index (χ0n) is 12.2. The summed E-state index contributed by atoms with van der Waals surface area (Å²) in [6.07, 6.45) is 2.27. The smallest absolute Gasteiger partial charge is 0.248 e. The topological polar surface area (TPSA) is 46.3 Å². The van der Waals surface area contributed by atoms with Crippen LogP contribution in [0.5, 0.6) is 0 Å². The number of primary amides is 1. The Morgan fingerprint density at radius 1 is 1.33 bits per heavy atom. The molecule has 110 valence electrons. The van der Waals surface area contributed by atoms with Crippen molar-refractivity contribution in [2.75, 3.05) is 6.54 Å². The Hall–Kier alpha value is -1.65. The Morgan fingerprint density at radius 2 is 2.10 bits per heavy atom. The van der Waals surface area contributed by atoms with Crippen molar-refractivity contribution in [2.45, 2.75) is 32.4 Å². The predicted molar refractivity (Wildman–Crippen MR) is 86.4 cm³/mol. The van der Waals surface area contributed by atoms with Gasteiger partial charge in [-0.2, -0.15) is 0 Å². The van der Waals surface area contributed by atoms with Crippen molar-refractivity contribution in [3.63, 3.8) is 0 Å². The zero-order chi connectivity index (χ0) is 14.8. The summed E-state index contributed by atoms with van der Waals surface area (Å²) in [7, 11) is 0. The third kappa shape index (κ3) is 2.87. The fourth-order valence-electron chi connectivity index (χ4n) is 3.12. The zero-order valence-corrected chi connectivity index (χ0v) is 13.0. The summed E-state index contributed by atoms with van der Waals surface area (Å²) < 4.78 is 0. The fraction of sp³-hybridized carbons (Fsp3) is 0.353. The molecule has 0 radical (unpaired) electrons. The molecule has 2 aromatic rings. The molecule has 4 heteroatoms. The number of hydrogen-bond acceptors (Lipinski definition) is 3. The molecule has 0 bridgehead atoms. The van der Waals surface area contributed by atoms with Crippen molar-refractivity contribution in [3.05, 3.63) is 57.3 Å². The van der Waals surface area contributed by atoms with Gasteiger partial charge in [-0.1, -0.05) is 19.1 Å². The summed E-state index contributed by atoms with van der Waals surface area (Å²) in [4.78, 5) is 15.2. The Labute approximate surface area is 129 Å². The fourth-order valence-corrected chi connectivity index (χ4v) is 4.05. The minimum absolute atomic E-state index is 0.367. The van der Waals surface area contributed by atoms with Gasteiger partial charge in [0.2, 0.25) is 5.91 Å². The molecule has 1 aromatic carbocycles. The van der Waals surface area contributed by atoms with E-state index in [2.05, 4.69) is 23.3 Å². The van der Waals surface area contributed by atoms with E-state index in [1.807, 2.05) is 35.6 Å². The van der Waals surface area contributed by atoms with Crippen LogP contribution in [0.3, 0.4) is 0 Å². The Morgan fingerprint density at radius 3 is 2.76 bits per heavy atom. The van der Waals surface area contributed by atoms with Gasteiger partial charge < -0.3 is 5.73 Å². The van der Waals surface area contributed by atoms with Crippen LogP contribution in [0.1, 0.15) is 45.7 Å². The molecule has 0 aliphatic carbocycles. The van der Waals surface area contributed by atoms with Crippen LogP contribution in [0.25, 0.3) is 0 Å². The molecular weight excluding hydrogens is 280 g/mol. The third-order valence-corrected chi connectivity index (χ3v) is 5.21. The molecule has 1 aliphatic rings. The lowest BCUT2D eigenvalue weighted by molar-refractivity contribution is 0.1000. The highest BCUT2D eigenvalue weighted by molar-refractivity contribution is 7.10. The van der Waals surface area contributed by atoms with E-state index in [0.29, 0.717) is 11.6 Å². The first-order chi connectivity index (χ1) is 10.2. The molecular formula is C17H20N2OS. The largest absolute Gasteiger partial charge is 0.366 e. The van der Waals surface area contributed by atoms with Crippen LogP contribution in [-0.2, 0) is 13.0 Å². The predicted octanol–water partition coefficient (Wildman–Crippen LogP) is 3.36. The van der Waals surface area contributed by atoms with Gasteiger partial charge in [0.15, 0.2) is 0 Å². The number of thiophene rings is 1. The Balaban J connectivity index is 1.77. The van der Waals surface area contributed by atoms with E-state index in [1.165, 1.54) is 11.1 Å². The van der Waals surface area contributed by atoms with Crippen LogP contribution < -0.4 is 5.73 Å². The first kappa shape index (κ1) is 14.3. The van der Waals surface area contributed by atoms with Crippen LogP contribution >= 0.6 is 11.3 Å². The van der Waals surface area contributed by atoms with Crippen molar-refractivity contribution in [3.8, 4) is 0 Å². The number of carbonyl (C=O) groups is 1. The monoisotopic (exact) mass is 300 g/mol. The Bertz CT molecular complexity index is 632. The van der Waals surface area contributed by atoms with Crippen LogP contribution in [-0.4, -0.2) is 17.4 Å². The quantitative estimate of drug-likeness (QED) is 0.941. The number of nitrogens with zero attached hydrogens (tertiary/aromatic N) is 1. The molecule has 21 heavy (non-hydrogen) atoms. The average Bonchev–Trinajstić information content (AvgIpc) is 2.96. The molecule has 0 saturated heterocycles. The highest BCUT2D eigenvalue weighted by Crippen LogP contribution is 2.35. The van der Waals surface area contributed by atoms with E-state index in [-0.39, 0.29) is 5.91 Å². The van der Waals surface area contributed by atoms with Crippen LogP contribution in [0, 0.1) is 0 Å². The standard InChI is InChI=1S/C17H20N2OS/c1-2-15-14-8-10-21-16(14)7-9-19(15)11-12-3-5-13(6-4-12)17(18)20/h3-6,8,10,15H,2,7,9,11H2,1H3,(H2,18,20)/t15-/m1/s1. The average molecular weight is 300 g/mol. The summed E-state index contributed by atoms with van der Waals surface area (Å²) in [5, 5.41) is 2.21. The summed E-state index contributed by atoms with van der Waals surface area (Å²) >= 11 is 1.88. The number of fused-ring (bicyclic) bond motifs is 1. The van der Waals surface area contributed by atoms with Crippen LogP contribution in [0.4, 0.5) is 0 Å². The molecule has 0 unspecified atom stereocenters. The van der Waals surface area contributed by atoms with Crippen molar-refractivity contribution >= 4 is 17.2 Å². The van der Waals surface area contributed by atoms with E-state index < -0.39 is 0 Å². The van der Waals surface area contributed by atoms with Gasteiger partial charge in [0.1, 0.15) is 0 Å². The second kappa shape index (κ2) is 6.00. The van der Waals surface area contributed by atoms with Gasteiger partial charge in [-0.05, 0) is 47.5 Å². The maximum atomic E-state index is 11.1. The maximum Gasteiger partial charge on any atom is 0.248 e. The molecule has 3 nitrogen and oxygen atoms in total. The lowest BCUT2D eigenvalue weighted by Gasteiger charge is -2.35. The number of carbonyl (C=O) groups excluding carboxylic acids is 1. The van der Waals surface area contributed by atoms with Gasteiger partial charge in [0.25, 0.3) is 0 Å². The molecule has 2 N–H and O–H groups in total. The molecule has 3 rings (SSSR count).